The van der Waals surface area contributed by atoms with Crippen molar-refractivity contribution in [1.29, 1.82) is 0 Å². The lowest BCUT2D eigenvalue weighted by atomic mass is 10.00. The Labute approximate surface area is 635 Å². The molecule has 0 unspecified atom stereocenters. The monoisotopic (exact) mass is 1490 g/mol. The summed E-state index contributed by atoms with van der Waals surface area (Å²) in [6, 6.07) is 30.2. The first kappa shape index (κ1) is 78.2. The molecule has 2 atom stereocenters. The number of rotatable bonds is 24. The van der Waals surface area contributed by atoms with Crippen LogP contribution in [0.5, 0.6) is 0 Å². The van der Waals surface area contributed by atoms with Crippen molar-refractivity contribution in [2.45, 2.75) is 167 Å². The number of carbonyl (C=O) groups excluding carboxylic acids is 3. The van der Waals surface area contributed by atoms with Crippen LogP contribution < -0.4 is 69.5 Å². The second kappa shape index (κ2) is 37.5. The first-order valence-corrected chi connectivity index (χ1v) is 38.1. The Morgan fingerprint density at radius 3 is 1.50 bits per heavy atom. The number of benzene rings is 3. The van der Waals surface area contributed by atoms with Crippen molar-refractivity contribution < 1.29 is 27.2 Å². The molecule has 4 fully saturated rings. The summed E-state index contributed by atoms with van der Waals surface area (Å²) in [5, 5.41) is 21.7. The van der Waals surface area contributed by atoms with Crippen LogP contribution in [0.15, 0.2) is 161 Å². The van der Waals surface area contributed by atoms with E-state index in [4.69, 9.17) is 42.9 Å². The largest absolute Gasteiger partial charge is 0.402 e. The van der Waals surface area contributed by atoms with Gasteiger partial charge in [-0.1, -0.05) is 13.8 Å². The molecule has 14 N–H and O–H groups in total. The third-order valence-electron chi connectivity index (χ3n) is 16.6. The van der Waals surface area contributed by atoms with Gasteiger partial charge in [-0.3, -0.25) is 14.4 Å². The van der Waals surface area contributed by atoms with Crippen LogP contribution in [0.3, 0.4) is 0 Å². The van der Waals surface area contributed by atoms with Crippen LogP contribution in [0.2, 0.25) is 0 Å². The van der Waals surface area contributed by atoms with Crippen LogP contribution in [0.1, 0.15) is 124 Å². The Kier molecular flexibility index (Phi) is 28.5. The summed E-state index contributed by atoms with van der Waals surface area (Å²) in [7, 11) is 6.26. The number of nitrogens with two attached hydrogens (primary N) is 4. The van der Waals surface area contributed by atoms with E-state index in [1.807, 2.05) is 125 Å². The van der Waals surface area contributed by atoms with E-state index in [9.17, 15) is 14.4 Å². The summed E-state index contributed by atoms with van der Waals surface area (Å²) in [6.07, 6.45) is 13.4. The number of carbonyl (C=O) groups is 3. The predicted molar refractivity (Wildman–Crippen MR) is 441 cm³/mol. The molecule has 566 valence electrons. The van der Waals surface area contributed by atoms with Crippen molar-refractivity contribution in [3.8, 4) is 0 Å². The van der Waals surface area contributed by atoms with Gasteiger partial charge in [0, 0.05) is 167 Å². The zero-order valence-electron chi connectivity index (χ0n) is 60.8. The van der Waals surface area contributed by atoms with E-state index in [2.05, 4.69) is 111 Å². The number of likely N-dealkylation sites (N-methyl/N-ethyl adjacent to an activating group) is 2. The Morgan fingerprint density at radius 2 is 1.07 bits per heavy atom. The maximum absolute atomic E-state index is 12.0. The smallest absolute Gasteiger partial charge is 0.227 e. The number of aryl methyl sites for hydroxylation is 1. The SMILES string of the molecule is CCC(=O)Nc1ccc(Sc2nc(N=C(N)C=C(C)N)cc(N3CCC(NC(C)(C)C)CC3)n2)cc1.CCC(=O)Nc1ccc(Sc2nc(N=C(N)C=C(C)N)cc(N3CC[C@H](NC)C3)n2)cc1.Cc1cnc(Nc2cc(N3CCC[C@H](N(C)C)C3)nc(Sc3ccc(NC(=O)C4CC4)cc3)n2)s1.[HH].[HH].[HH].[HH].[HH].[HH].[HH].[HH].[HH]. The molecule has 3 amide bonds. The molecule has 103 heavy (non-hydrogen) atoms. The average molecular weight is 1490 g/mol. The van der Waals surface area contributed by atoms with Gasteiger partial charge in [0.25, 0.3) is 0 Å². The summed E-state index contributed by atoms with van der Waals surface area (Å²) >= 11 is 5.99. The van der Waals surface area contributed by atoms with Gasteiger partial charge < -0.3 is 74.4 Å². The molecule has 3 saturated heterocycles. The number of nitrogens with one attached hydrogen (secondary N) is 6. The molecule has 1 saturated carbocycles. The predicted octanol–water partition coefficient (Wildman–Crippen LogP) is 14.0. The van der Waals surface area contributed by atoms with Crippen molar-refractivity contribution in [3.63, 3.8) is 0 Å². The molecule has 3 aliphatic heterocycles. The number of nitrogens with zero attached hydrogens (tertiary/aromatic N) is 13. The van der Waals surface area contributed by atoms with Gasteiger partial charge in [0.05, 0.1) is 0 Å². The number of anilines is 8. The Hall–Kier alpha value is -8.91. The van der Waals surface area contributed by atoms with Crippen LogP contribution in [0.4, 0.5) is 57.1 Å². The Bertz CT molecular complexity index is 4150. The maximum atomic E-state index is 12.0. The van der Waals surface area contributed by atoms with E-state index in [0.29, 0.717) is 75.3 Å². The van der Waals surface area contributed by atoms with Crippen LogP contribution in [-0.2, 0) is 14.4 Å². The maximum Gasteiger partial charge on any atom is 0.227 e. The molecule has 3 aromatic carbocycles. The van der Waals surface area contributed by atoms with Crippen LogP contribution >= 0.6 is 46.6 Å². The zero-order chi connectivity index (χ0) is 73.7. The number of hydrogen-bond donors (Lipinski definition) is 10. The van der Waals surface area contributed by atoms with Crippen molar-refractivity contribution >= 4 is 133 Å². The van der Waals surface area contributed by atoms with Gasteiger partial charge in [-0.05, 0) is 228 Å². The molecule has 0 spiro atoms. The number of hydrogen-bond acceptors (Lipinski definition) is 25. The summed E-state index contributed by atoms with van der Waals surface area (Å²) in [4.78, 5) is 90.3. The molecule has 11 rings (SSSR count). The van der Waals surface area contributed by atoms with Gasteiger partial charge in [0.1, 0.15) is 34.9 Å². The Balaban J connectivity index is 0.00000159. The minimum Gasteiger partial charge on any atom is -0.402 e. The molecular weight excluding hydrogens is 1380 g/mol. The topological polar surface area (TPSA) is 355 Å². The van der Waals surface area contributed by atoms with Gasteiger partial charge in [-0.25, -0.2) is 44.9 Å². The first-order valence-electron chi connectivity index (χ1n) is 34.8. The van der Waals surface area contributed by atoms with Crippen molar-refractivity contribution in [2.75, 3.05) is 96.4 Å². The fourth-order valence-corrected chi connectivity index (χ4v) is 14.2. The van der Waals surface area contributed by atoms with E-state index < -0.39 is 0 Å². The molecule has 4 aromatic heterocycles. The van der Waals surface area contributed by atoms with Crippen molar-refractivity contribution in [1.82, 2.24) is 50.4 Å². The lowest BCUT2D eigenvalue weighted by Crippen LogP contribution is -2.49. The Morgan fingerprint density at radius 1 is 0.612 bits per heavy atom. The normalized spacial score (nSPS) is 16.9. The molecule has 1 aliphatic carbocycles. The van der Waals surface area contributed by atoms with Crippen molar-refractivity contribution in [3.05, 3.63) is 126 Å². The van der Waals surface area contributed by atoms with E-state index in [-0.39, 0.29) is 47.9 Å². The first-order chi connectivity index (χ1) is 49.3. The molecule has 7 aromatic rings. The highest BCUT2D eigenvalue weighted by molar-refractivity contribution is 7.99. The van der Waals surface area contributed by atoms with Crippen LogP contribution in [0.25, 0.3) is 0 Å². The molecule has 0 radical (unpaired) electrons. The van der Waals surface area contributed by atoms with Gasteiger partial charge >= 0.3 is 0 Å². The van der Waals surface area contributed by atoms with Gasteiger partial charge in [-0.2, -0.15) is 0 Å². The number of thiazole rings is 1. The number of amides is 3. The molecule has 7 heterocycles. The van der Waals surface area contributed by atoms with Crippen LogP contribution in [-0.4, -0.2) is 153 Å². The number of amidine groups is 2. The summed E-state index contributed by atoms with van der Waals surface area (Å²) in [5.74, 6) is 5.12. The second-order valence-corrected chi connectivity index (χ2v) is 31.3. The number of aromatic nitrogens is 7. The zero-order valence-corrected chi connectivity index (χ0v) is 64.1. The second-order valence-electron chi connectivity index (χ2n) is 26.9. The van der Waals surface area contributed by atoms with E-state index in [0.717, 1.165) is 143 Å². The molecular formula is C73H117N23O3S4. The fraction of sp³-hybridized carbons (Fsp3) is 0.425. The number of aliphatic imine (C=N–C) groups is 2. The lowest BCUT2D eigenvalue weighted by molar-refractivity contribution is -0.117. The third-order valence-corrected chi connectivity index (χ3v) is 20.0. The minimum absolute atomic E-state index is 0. The molecule has 0 bridgehead atoms. The van der Waals surface area contributed by atoms with E-state index >= 15 is 0 Å². The van der Waals surface area contributed by atoms with Crippen LogP contribution in [0, 0.1) is 12.8 Å². The number of piperidine rings is 2. The molecule has 26 nitrogen and oxygen atoms in total. The van der Waals surface area contributed by atoms with Gasteiger partial charge in [-0.15, -0.1) is 11.3 Å². The quantitative estimate of drug-likeness (QED) is 0.0153. The van der Waals surface area contributed by atoms with Gasteiger partial charge in [0.2, 0.25) is 17.7 Å². The van der Waals surface area contributed by atoms with Gasteiger partial charge in [0.15, 0.2) is 32.2 Å². The summed E-state index contributed by atoms with van der Waals surface area (Å²) in [5.41, 5.74) is 27.1. The molecule has 4 aliphatic rings. The van der Waals surface area contributed by atoms with E-state index in [1.165, 1.54) is 41.7 Å². The highest BCUT2D eigenvalue weighted by atomic mass is 32.2. The minimum atomic E-state index is -0.0196. The lowest BCUT2D eigenvalue weighted by Gasteiger charge is -2.36. The molecule has 30 heteroatoms. The highest BCUT2D eigenvalue weighted by Gasteiger charge is 2.30. The summed E-state index contributed by atoms with van der Waals surface area (Å²) < 4.78 is 0. The highest BCUT2D eigenvalue weighted by Crippen LogP contribution is 2.36. The fourth-order valence-electron chi connectivity index (χ4n) is 11.2. The standard InChI is InChI=1S/C26H38N8OS.C25H31N7OS2.C22H30N8OS.9H2/c1-6-24(35)29-18-7-9-20(10-8-18)36-25-31-22(30-21(28)15-17(2)27)16-23(32-25)34-13-11-19(12-14-34)33-26(3,4)5;1-16-14-26-24(34-16)28-21-13-22(32-12-4-5-19(15-32)31(2)3)30-25(29-21)35-20-10-8-18(9-11-20)27-23(33)17-6-7-17;1-4-21(31)26-15-5-7-17(8-6-15)32-22-28-19(27-18(24)11-14(2)23)12-20(29-22)30-10-9-16(13-30)25-3;;;;;;;;;/h7-10,15-16,19,33H,6,11-14,27H2,1-5H3,(H,29,35)(H2,28,30,31,32);8-11,13-14,17,19H,4-7,12,15H2,1-3H3,(H,27,33)(H,26,28,29,30);5-8,11-12,16,25H,4,9-10,13,23H2,1-3H3,(H,26,31)(H2,24,27,28,29);9*1H/t;19-;16-;;;;;;;;;/m.00........./s1. The summed E-state index contributed by atoms with van der Waals surface area (Å²) in [6.45, 7) is 21.3. The van der Waals surface area contributed by atoms with E-state index in [1.54, 1.807) is 37.3 Å². The number of allylic oxidation sites excluding steroid dienone is 2. The van der Waals surface area contributed by atoms with Crippen molar-refractivity contribution in [2.24, 2.45) is 38.8 Å². The third kappa shape index (κ3) is 25.8. The average Bonchev–Trinajstić information content (AvgIpc) is 1.70.